The lowest BCUT2D eigenvalue weighted by atomic mass is 10.1. The molecule has 0 unspecified atom stereocenters. The second-order valence-corrected chi connectivity index (χ2v) is 8.23. The highest BCUT2D eigenvalue weighted by Crippen LogP contribution is 2.29. The Balaban J connectivity index is 1.68. The third-order valence-corrected chi connectivity index (χ3v) is 6.08. The molecule has 1 atom stereocenters. The summed E-state index contributed by atoms with van der Waals surface area (Å²) in [4.78, 5) is 37.7. The summed E-state index contributed by atoms with van der Waals surface area (Å²) in [5, 5.41) is 0. The van der Waals surface area contributed by atoms with Crippen LogP contribution >= 0.6 is 0 Å². The Bertz CT molecular complexity index is 1250. The molecule has 10 heteroatoms. The fourth-order valence-corrected chi connectivity index (χ4v) is 4.10. The molecule has 2 aromatic heterocycles. The Kier molecular flexibility index (Phi) is 5.85. The summed E-state index contributed by atoms with van der Waals surface area (Å²) in [7, 11) is 0. The second-order valence-electron chi connectivity index (χ2n) is 8.23. The molecule has 3 heterocycles. The van der Waals surface area contributed by atoms with Gasteiger partial charge in [-0.2, -0.15) is 13.2 Å². The van der Waals surface area contributed by atoms with E-state index in [1.807, 2.05) is 23.1 Å². The van der Waals surface area contributed by atoms with E-state index in [1.54, 1.807) is 31.0 Å². The van der Waals surface area contributed by atoms with Crippen LogP contribution in [0.25, 0.3) is 11.0 Å². The highest BCUT2D eigenvalue weighted by molar-refractivity contribution is 5.84. The number of aromatic nitrogens is 3. The van der Waals surface area contributed by atoms with E-state index in [4.69, 9.17) is 0 Å². The lowest BCUT2D eigenvalue weighted by Gasteiger charge is -2.36. The SMILES string of the molecule is Cc1cc2nc(C(F)(F)F)c(=O)n([C@H](C)C(=O)N3CCN(c4ccccn4)CC3)c2cc1C. The first-order valence-corrected chi connectivity index (χ1v) is 10.6. The number of alkyl halides is 3. The quantitative estimate of drug-likeness (QED) is 0.601. The van der Waals surface area contributed by atoms with E-state index in [-0.39, 0.29) is 11.0 Å². The van der Waals surface area contributed by atoms with Gasteiger partial charge in [-0.1, -0.05) is 6.07 Å². The van der Waals surface area contributed by atoms with Crippen molar-refractivity contribution in [1.82, 2.24) is 19.4 Å². The number of fused-ring (bicyclic) bond motifs is 1. The summed E-state index contributed by atoms with van der Waals surface area (Å²) in [6, 6.07) is 7.59. The number of carbonyl (C=O) groups excluding carboxylic acids is 1. The van der Waals surface area contributed by atoms with Gasteiger partial charge in [0.1, 0.15) is 11.9 Å². The van der Waals surface area contributed by atoms with E-state index >= 15 is 0 Å². The van der Waals surface area contributed by atoms with Crippen molar-refractivity contribution in [2.24, 2.45) is 0 Å². The molecule has 174 valence electrons. The van der Waals surface area contributed by atoms with Crippen LogP contribution in [0.1, 0.15) is 29.8 Å². The molecule has 1 aliphatic heterocycles. The Morgan fingerprint density at radius 1 is 1.06 bits per heavy atom. The highest BCUT2D eigenvalue weighted by Gasteiger charge is 2.39. The molecule has 0 N–H and O–H groups in total. The summed E-state index contributed by atoms with van der Waals surface area (Å²) in [6.45, 7) is 6.84. The van der Waals surface area contributed by atoms with Crippen molar-refractivity contribution < 1.29 is 18.0 Å². The number of hydrogen-bond acceptors (Lipinski definition) is 5. The monoisotopic (exact) mass is 459 g/mol. The van der Waals surface area contributed by atoms with Gasteiger partial charge in [0.15, 0.2) is 0 Å². The Hall–Kier alpha value is -3.43. The number of pyridine rings is 1. The molecule has 1 fully saturated rings. The maximum Gasteiger partial charge on any atom is 0.438 e. The Morgan fingerprint density at radius 3 is 2.33 bits per heavy atom. The maximum atomic E-state index is 13.6. The van der Waals surface area contributed by atoms with Gasteiger partial charge in [0.2, 0.25) is 11.6 Å². The molecule has 33 heavy (non-hydrogen) atoms. The van der Waals surface area contributed by atoms with Crippen LogP contribution in [0, 0.1) is 13.8 Å². The van der Waals surface area contributed by atoms with E-state index in [1.165, 1.54) is 13.0 Å². The smallest absolute Gasteiger partial charge is 0.353 e. The van der Waals surface area contributed by atoms with Gasteiger partial charge in [-0.3, -0.25) is 14.2 Å². The largest absolute Gasteiger partial charge is 0.438 e. The van der Waals surface area contributed by atoms with Gasteiger partial charge in [0, 0.05) is 32.4 Å². The number of piperazine rings is 1. The Morgan fingerprint density at radius 2 is 1.73 bits per heavy atom. The molecule has 3 aromatic rings. The van der Waals surface area contributed by atoms with Crippen molar-refractivity contribution in [3.8, 4) is 0 Å². The number of nitrogens with zero attached hydrogens (tertiary/aromatic N) is 5. The average Bonchev–Trinajstić information content (AvgIpc) is 2.79. The van der Waals surface area contributed by atoms with Gasteiger partial charge in [-0.05, 0) is 56.2 Å². The minimum atomic E-state index is -4.93. The standard InChI is InChI=1S/C23H24F3N5O2/c1-14-12-17-18(13-15(14)2)31(22(33)20(28-17)23(24,25)26)16(3)21(32)30-10-8-29(9-11-30)19-6-4-5-7-27-19/h4-7,12-13,16H,8-11H2,1-3H3/t16-/m1/s1. The molecule has 1 aromatic carbocycles. The van der Waals surface area contributed by atoms with Gasteiger partial charge in [0.25, 0.3) is 5.56 Å². The number of benzene rings is 1. The summed E-state index contributed by atoms with van der Waals surface area (Å²) >= 11 is 0. The fourth-order valence-electron chi connectivity index (χ4n) is 4.10. The van der Waals surface area contributed by atoms with Crippen molar-refractivity contribution in [3.63, 3.8) is 0 Å². The topological polar surface area (TPSA) is 71.3 Å². The van der Waals surface area contributed by atoms with Crippen LogP contribution in [-0.2, 0) is 11.0 Å². The summed E-state index contributed by atoms with van der Waals surface area (Å²) < 4.78 is 41.7. The van der Waals surface area contributed by atoms with Gasteiger partial charge in [-0.25, -0.2) is 9.97 Å². The summed E-state index contributed by atoms with van der Waals surface area (Å²) in [6.07, 6.45) is -3.24. The first kappa shape index (κ1) is 22.8. The lowest BCUT2D eigenvalue weighted by Crippen LogP contribution is -2.51. The molecule has 7 nitrogen and oxygen atoms in total. The Labute approximate surface area is 188 Å². The van der Waals surface area contributed by atoms with Crippen molar-refractivity contribution in [1.29, 1.82) is 0 Å². The average molecular weight is 459 g/mol. The van der Waals surface area contributed by atoms with E-state index in [0.717, 1.165) is 21.5 Å². The number of hydrogen-bond donors (Lipinski definition) is 0. The number of aryl methyl sites for hydroxylation is 2. The number of halogens is 3. The summed E-state index contributed by atoms with van der Waals surface area (Å²) in [5.41, 5.74) is -1.04. The molecule has 1 aliphatic rings. The fraction of sp³-hybridized carbons (Fsp3) is 0.391. The van der Waals surface area contributed by atoms with Gasteiger partial charge in [-0.15, -0.1) is 0 Å². The number of anilines is 1. The molecule has 0 aliphatic carbocycles. The van der Waals surface area contributed by atoms with Gasteiger partial charge < -0.3 is 9.80 Å². The van der Waals surface area contributed by atoms with Crippen molar-refractivity contribution in [2.75, 3.05) is 31.1 Å². The van der Waals surface area contributed by atoms with Crippen molar-refractivity contribution >= 4 is 22.8 Å². The molecule has 1 amide bonds. The van der Waals surface area contributed by atoms with Crippen LogP contribution in [0.4, 0.5) is 19.0 Å². The first-order valence-electron chi connectivity index (χ1n) is 10.6. The third kappa shape index (κ3) is 4.29. The number of amides is 1. The van der Waals surface area contributed by atoms with E-state index in [2.05, 4.69) is 9.97 Å². The lowest BCUT2D eigenvalue weighted by molar-refractivity contribution is -0.143. The zero-order valence-corrected chi connectivity index (χ0v) is 18.6. The van der Waals surface area contributed by atoms with Gasteiger partial charge >= 0.3 is 6.18 Å². The number of rotatable bonds is 3. The second kappa shape index (κ2) is 8.49. The summed E-state index contributed by atoms with van der Waals surface area (Å²) in [5.74, 6) is 0.395. The van der Waals surface area contributed by atoms with E-state index in [0.29, 0.717) is 26.2 Å². The van der Waals surface area contributed by atoms with E-state index in [9.17, 15) is 22.8 Å². The molecular formula is C23H24F3N5O2. The predicted octanol–water partition coefficient (Wildman–Crippen LogP) is 3.34. The van der Waals surface area contributed by atoms with Crippen molar-refractivity contribution in [2.45, 2.75) is 33.0 Å². The normalized spacial score (nSPS) is 15.7. The minimum absolute atomic E-state index is 0.0321. The van der Waals surface area contributed by atoms with E-state index < -0.39 is 29.4 Å². The molecule has 4 rings (SSSR count). The van der Waals surface area contributed by atoms with Crippen LogP contribution in [-0.4, -0.2) is 51.5 Å². The molecule has 1 saturated heterocycles. The highest BCUT2D eigenvalue weighted by atomic mass is 19.4. The molecule has 0 saturated carbocycles. The van der Waals surface area contributed by atoms with Crippen LogP contribution in [0.3, 0.4) is 0 Å². The third-order valence-electron chi connectivity index (χ3n) is 6.08. The van der Waals surface area contributed by atoms with Crippen LogP contribution in [0.2, 0.25) is 0 Å². The van der Waals surface area contributed by atoms with Gasteiger partial charge in [0.05, 0.1) is 11.0 Å². The van der Waals surface area contributed by atoms with Crippen LogP contribution in [0.15, 0.2) is 41.3 Å². The van der Waals surface area contributed by atoms with Crippen LogP contribution in [0.5, 0.6) is 0 Å². The molecular weight excluding hydrogens is 435 g/mol. The minimum Gasteiger partial charge on any atom is -0.353 e. The predicted molar refractivity (Wildman–Crippen MR) is 118 cm³/mol. The molecule has 0 bridgehead atoms. The first-order chi connectivity index (χ1) is 15.6. The zero-order valence-electron chi connectivity index (χ0n) is 18.6. The molecule has 0 spiro atoms. The number of carbonyl (C=O) groups is 1. The maximum absolute atomic E-state index is 13.6. The zero-order chi connectivity index (χ0) is 23.9. The van der Waals surface area contributed by atoms with Crippen molar-refractivity contribution in [3.05, 3.63) is 63.7 Å². The van der Waals surface area contributed by atoms with Crippen LogP contribution < -0.4 is 10.5 Å². The molecule has 0 radical (unpaired) electrons.